The highest BCUT2D eigenvalue weighted by Crippen LogP contribution is 2.11. The molecule has 1 aromatic heterocycles. The third-order valence-corrected chi connectivity index (χ3v) is 1.23. The van der Waals surface area contributed by atoms with Crippen molar-refractivity contribution in [3.8, 4) is 5.75 Å². The van der Waals surface area contributed by atoms with E-state index in [0.29, 0.717) is 5.76 Å². The van der Waals surface area contributed by atoms with Crippen molar-refractivity contribution in [3.63, 3.8) is 0 Å². The Morgan fingerprint density at radius 3 is 2.82 bits per heavy atom. The zero-order valence-corrected chi connectivity index (χ0v) is 5.92. The molecule has 11 heavy (non-hydrogen) atoms. The van der Waals surface area contributed by atoms with Crippen LogP contribution in [0, 0.1) is 12.3 Å². The summed E-state index contributed by atoms with van der Waals surface area (Å²) >= 11 is 0. The molecule has 0 aliphatic rings. The predicted molar refractivity (Wildman–Crippen MR) is 39.3 cm³/mol. The van der Waals surface area contributed by atoms with Crippen molar-refractivity contribution in [1.82, 2.24) is 0 Å². The van der Waals surface area contributed by atoms with Crippen LogP contribution < -0.4 is 5.63 Å². The molecule has 4 nitrogen and oxygen atoms in total. The van der Waals surface area contributed by atoms with Gasteiger partial charge in [0.15, 0.2) is 0 Å². The van der Waals surface area contributed by atoms with E-state index in [0.717, 1.165) is 6.21 Å². The molecule has 0 unspecified atom stereocenters. The molecule has 0 aliphatic heterocycles. The van der Waals surface area contributed by atoms with Crippen LogP contribution in [0.4, 0.5) is 0 Å². The molecule has 0 saturated carbocycles. The fourth-order valence-electron chi connectivity index (χ4n) is 0.738. The number of rotatable bonds is 1. The van der Waals surface area contributed by atoms with Gasteiger partial charge in [-0.3, -0.25) is 0 Å². The zero-order valence-electron chi connectivity index (χ0n) is 5.92. The van der Waals surface area contributed by atoms with Crippen molar-refractivity contribution >= 4 is 6.21 Å². The van der Waals surface area contributed by atoms with Gasteiger partial charge in [0, 0.05) is 12.3 Å². The Kier molecular flexibility index (Phi) is 1.76. The van der Waals surface area contributed by atoms with Gasteiger partial charge in [0.2, 0.25) is 0 Å². The summed E-state index contributed by atoms with van der Waals surface area (Å²) in [5.41, 5.74) is -0.798. The molecule has 58 valence electrons. The molecule has 4 heteroatoms. The molecule has 2 N–H and O–H groups in total. The molecule has 0 bridgehead atoms. The standard InChI is InChI=1S/C7H7NO3/c1-4-2-6(9)5(3-8)7(10)11-4/h2-3,8-9H,1H3. The summed E-state index contributed by atoms with van der Waals surface area (Å²) in [5, 5.41) is 15.8. The van der Waals surface area contributed by atoms with Crippen LogP contribution >= 0.6 is 0 Å². The maximum Gasteiger partial charge on any atom is 0.348 e. The topological polar surface area (TPSA) is 74.3 Å². The molecular weight excluding hydrogens is 146 g/mol. The van der Waals surface area contributed by atoms with Gasteiger partial charge < -0.3 is 14.9 Å². The van der Waals surface area contributed by atoms with Crippen molar-refractivity contribution in [1.29, 1.82) is 5.41 Å². The molecule has 0 amide bonds. The summed E-state index contributed by atoms with van der Waals surface area (Å²) < 4.78 is 4.61. The molecule has 0 saturated heterocycles. The lowest BCUT2D eigenvalue weighted by Gasteiger charge is -1.95. The summed E-state index contributed by atoms with van der Waals surface area (Å²) in [7, 11) is 0. The van der Waals surface area contributed by atoms with Crippen LogP contribution in [-0.2, 0) is 0 Å². The van der Waals surface area contributed by atoms with Gasteiger partial charge in [-0.15, -0.1) is 0 Å². The first-order chi connectivity index (χ1) is 5.15. The second kappa shape index (κ2) is 2.57. The molecule has 0 spiro atoms. The van der Waals surface area contributed by atoms with E-state index in [2.05, 4.69) is 4.42 Å². The third kappa shape index (κ3) is 1.29. The fourth-order valence-corrected chi connectivity index (χ4v) is 0.738. The molecule has 1 aromatic rings. The van der Waals surface area contributed by atoms with Crippen LogP contribution in [0.25, 0.3) is 0 Å². The van der Waals surface area contributed by atoms with Gasteiger partial charge in [-0.1, -0.05) is 0 Å². The zero-order chi connectivity index (χ0) is 8.43. The van der Waals surface area contributed by atoms with E-state index in [-0.39, 0.29) is 11.3 Å². The van der Waals surface area contributed by atoms with Crippen LogP contribution in [0.15, 0.2) is 15.3 Å². The number of hydrogen-bond donors (Lipinski definition) is 2. The van der Waals surface area contributed by atoms with Crippen LogP contribution in [0.1, 0.15) is 11.3 Å². The molecule has 0 fully saturated rings. The highest BCUT2D eigenvalue weighted by Gasteiger charge is 2.05. The first-order valence-electron chi connectivity index (χ1n) is 2.99. The highest BCUT2D eigenvalue weighted by atomic mass is 16.4. The van der Waals surface area contributed by atoms with E-state index in [1.165, 1.54) is 6.07 Å². The lowest BCUT2D eigenvalue weighted by molar-refractivity contribution is 0.433. The summed E-state index contributed by atoms with van der Waals surface area (Å²) in [6.45, 7) is 1.55. The first kappa shape index (κ1) is 7.53. The van der Waals surface area contributed by atoms with Crippen LogP contribution in [-0.4, -0.2) is 11.3 Å². The summed E-state index contributed by atoms with van der Waals surface area (Å²) in [4.78, 5) is 10.8. The van der Waals surface area contributed by atoms with Crippen molar-refractivity contribution in [2.75, 3.05) is 0 Å². The molecule has 1 heterocycles. The summed E-state index contributed by atoms with van der Waals surface area (Å²) in [6, 6.07) is 1.29. The molecule has 1 rings (SSSR count). The Morgan fingerprint density at radius 1 is 1.73 bits per heavy atom. The quantitative estimate of drug-likeness (QED) is 0.581. The highest BCUT2D eigenvalue weighted by molar-refractivity contribution is 5.79. The monoisotopic (exact) mass is 153 g/mol. The first-order valence-corrected chi connectivity index (χ1v) is 2.99. The number of aryl methyl sites for hydroxylation is 1. The minimum absolute atomic E-state index is 0.115. The number of aromatic hydroxyl groups is 1. The van der Waals surface area contributed by atoms with E-state index < -0.39 is 5.63 Å². The minimum Gasteiger partial charge on any atom is -0.507 e. The lowest BCUT2D eigenvalue weighted by Crippen LogP contribution is -2.06. The second-order valence-corrected chi connectivity index (χ2v) is 2.09. The van der Waals surface area contributed by atoms with Gasteiger partial charge in [0.05, 0.1) is 0 Å². The van der Waals surface area contributed by atoms with E-state index in [9.17, 15) is 4.79 Å². The summed E-state index contributed by atoms with van der Waals surface area (Å²) in [6.07, 6.45) is 0.764. The van der Waals surface area contributed by atoms with Crippen LogP contribution in [0.5, 0.6) is 5.75 Å². The van der Waals surface area contributed by atoms with Gasteiger partial charge in [-0.05, 0) is 6.92 Å². The Bertz CT molecular complexity index is 340. The molecule has 0 aliphatic carbocycles. The Labute approximate surface area is 62.6 Å². The van der Waals surface area contributed by atoms with E-state index in [4.69, 9.17) is 10.5 Å². The SMILES string of the molecule is Cc1cc(O)c(C=N)c(=O)o1. The summed E-state index contributed by atoms with van der Waals surface area (Å²) in [5.74, 6) is 0.117. The molecule has 0 aromatic carbocycles. The van der Waals surface area contributed by atoms with Crippen LogP contribution in [0.3, 0.4) is 0 Å². The average molecular weight is 153 g/mol. The number of hydrogen-bond acceptors (Lipinski definition) is 4. The Balaban J connectivity index is 3.49. The van der Waals surface area contributed by atoms with Crippen molar-refractivity contribution in [2.24, 2.45) is 0 Å². The molecular formula is C7H7NO3. The van der Waals surface area contributed by atoms with E-state index in [1.54, 1.807) is 6.92 Å². The fraction of sp³-hybridized carbons (Fsp3) is 0.143. The minimum atomic E-state index is -0.683. The normalized spacial score (nSPS) is 9.55. The number of nitrogens with one attached hydrogen (secondary N) is 1. The van der Waals surface area contributed by atoms with Crippen molar-refractivity contribution in [2.45, 2.75) is 6.92 Å². The largest absolute Gasteiger partial charge is 0.507 e. The smallest absolute Gasteiger partial charge is 0.348 e. The Morgan fingerprint density at radius 2 is 2.36 bits per heavy atom. The van der Waals surface area contributed by atoms with Gasteiger partial charge in [0.25, 0.3) is 0 Å². The molecule has 0 radical (unpaired) electrons. The van der Waals surface area contributed by atoms with E-state index in [1.807, 2.05) is 0 Å². The maximum absolute atomic E-state index is 10.8. The van der Waals surface area contributed by atoms with Crippen molar-refractivity contribution in [3.05, 3.63) is 27.8 Å². The van der Waals surface area contributed by atoms with Gasteiger partial charge in [0.1, 0.15) is 17.1 Å². The Hall–Kier alpha value is -1.58. The third-order valence-electron chi connectivity index (χ3n) is 1.23. The van der Waals surface area contributed by atoms with Crippen LogP contribution in [0.2, 0.25) is 0 Å². The maximum atomic E-state index is 10.8. The molecule has 0 atom stereocenters. The van der Waals surface area contributed by atoms with E-state index >= 15 is 0 Å². The van der Waals surface area contributed by atoms with Crippen molar-refractivity contribution < 1.29 is 9.52 Å². The van der Waals surface area contributed by atoms with Gasteiger partial charge in [-0.2, -0.15) is 0 Å². The average Bonchev–Trinajstić information content (AvgIpc) is 1.85. The second-order valence-electron chi connectivity index (χ2n) is 2.09. The van der Waals surface area contributed by atoms with Gasteiger partial charge in [-0.25, -0.2) is 4.79 Å². The predicted octanol–water partition coefficient (Wildman–Crippen LogP) is 0.651. The van der Waals surface area contributed by atoms with Gasteiger partial charge >= 0.3 is 5.63 Å². The lowest BCUT2D eigenvalue weighted by atomic mass is 10.2.